The molecule has 0 aliphatic heterocycles. The van der Waals surface area contributed by atoms with Gasteiger partial charge in [-0.3, -0.25) is 0 Å². The van der Waals surface area contributed by atoms with Crippen molar-refractivity contribution in [2.24, 2.45) is 16.5 Å². The highest BCUT2D eigenvalue weighted by atomic mass is 16.4. The lowest BCUT2D eigenvalue weighted by atomic mass is 9.71. The van der Waals surface area contributed by atoms with Gasteiger partial charge in [0.15, 0.2) is 0 Å². The first-order valence-corrected chi connectivity index (χ1v) is 4.30. The number of oxime groups is 1. The fourth-order valence-electron chi connectivity index (χ4n) is 2.02. The van der Waals surface area contributed by atoms with E-state index in [0.717, 1.165) is 12.1 Å². The average molecular weight is 155 g/mol. The third-order valence-corrected chi connectivity index (χ3v) is 2.71. The zero-order valence-electron chi connectivity index (χ0n) is 7.59. The quantitative estimate of drug-likeness (QED) is 0.423. The molecule has 0 aromatic heterocycles. The summed E-state index contributed by atoms with van der Waals surface area (Å²) < 4.78 is 0. The van der Waals surface area contributed by atoms with Crippen LogP contribution in [0, 0.1) is 11.3 Å². The first kappa shape index (κ1) is 8.57. The third-order valence-electron chi connectivity index (χ3n) is 2.71. The predicted octanol–water partition coefficient (Wildman–Crippen LogP) is 2.66. The van der Waals surface area contributed by atoms with Crippen LogP contribution in [0.3, 0.4) is 0 Å². The van der Waals surface area contributed by atoms with E-state index in [1.165, 1.54) is 12.8 Å². The van der Waals surface area contributed by atoms with Gasteiger partial charge in [-0.2, -0.15) is 0 Å². The lowest BCUT2D eigenvalue weighted by Crippen LogP contribution is -2.33. The van der Waals surface area contributed by atoms with Crippen LogP contribution in [0.2, 0.25) is 0 Å². The number of rotatable bonds is 0. The van der Waals surface area contributed by atoms with E-state index < -0.39 is 0 Å². The molecule has 0 aromatic carbocycles. The molecule has 0 amide bonds. The highest BCUT2D eigenvalue weighted by molar-refractivity contribution is 5.91. The van der Waals surface area contributed by atoms with Gasteiger partial charge in [-0.05, 0) is 18.8 Å². The van der Waals surface area contributed by atoms with Crippen LogP contribution in [0.25, 0.3) is 0 Å². The summed E-state index contributed by atoms with van der Waals surface area (Å²) in [6, 6.07) is 0. The summed E-state index contributed by atoms with van der Waals surface area (Å²) in [6.07, 6.45) is 3.58. The molecule has 0 radical (unpaired) electrons. The van der Waals surface area contributed by atoms with Crippen molar-refractivity contribution in [1.82, 2.24) is 0 Å². The molecule has 1 N–H and O–H groups in total. The fourth-order valence-corrected chi connectivity index (χ4v) is 2.02. The second-order valence-electron chi connectivity index (χ2n) is 4.16. The van der Waals surface area contributed by atoms with Gasteiger partial charge in [-0.1, -0.05) is 32.3 Å². The Morgan fingerprint density at radius 1 is 1.55 bits per heavy atom. The Balaban J connectivity index is 2.82. The molecule has 0 aromatic rings. The van der Waals surface area contributed by atoms with Crippen LogP contribution in [0.15, 0.2) is 5.16 Å². The molecule has 1 aliphatic rings. The molecule has 2 heteroatoms. The zero-order valence-corrected chi connectivity index (χ0v) is 7.59. The summed E-state index contributed by atoms with van der Waals surface area (Å²) in [4.78, 5) is 0. The van der Waals surface area contributed by atoms with Crippen LogP contribution in [0.4, 0.5) is 0 Å². The van der Waals surface area contributed by atoms with E-state index in [1.807, 2.05) is 0 Å². The van der Waals surface area contributed by atoms with Gasteiger partial charge in [0, 0.05) is 5.41 Å². The predicted molar refractivity (Wildman–Crippen MR) is 46.0 cm³/mol. The van der Waals surface area contributed by atoms with Crippen molar-refractivity contribution in [3.63, 3.8) is 0 Å². The summed E-state index contributed by atoms with van der Waals surface area (Å²) in [6.45, 7) is 6.44. The molecular weight excluding hydrogens is 138 g/mol. The zero-order chi connectivity index (χ0) is 8.48. The van der Waals surface area contributed by atoms with Gasteiger partial charge >= 0.3 is 0 Å². The molecule has 1 aliphatic carbocycles. The molecular formula is C9H17NO. The van der Waals surface area contributed by atoms with Crippen molar-refractivity contribution in [2.45, 2.75) is 40.0 Å². The van der Waals surface area contributed by atoms with Crippen molar-refractivity contribution in [1.29, 1.82) is 0 Å². The Hall–Kier alpha value is -0.530. The van der Waals surface area contributed by atoms with Crippen LogP contribution in [-0.4, -0.2) is 10.9 Å². The van der Waals surface area contributed by atoms with E-state index in [2.05, 4.69) is 25.9 Å². The maximum Gasteiger partial charge on any atom is 0.0654 e. The Labute approximate surface area is 68.3 Å². The molecule has 64 valence electrons. The molecule has 0 unspecified atom stereocenters. The Morgan fingerprint density at radius 3 is 2.55 bits per heavy atom. The van der Waals surface area contributed by atoms with Crippen LogP contribution >= 0.6 is 0 Å². The smallest absolute Gasteiger partial charge is 0.0654 e. The van der Waals surface area contributed by atoms with Crippen molar-refractivity contribution in [3.05, 3.63) is 0 Å². The molecule has 1 saturated carbocycles. The molecule has 11 heavy (non-hydrogen) atoms. The number of hydrogen-bond acceptors (Lipinski definition) is 2. The third kappa shape index (κ3) is 1.55. The highest BCUT2D eigenvalue weighted by Gasteiger charge is 2.33. The molecule has 1 atom stereocenters. The monoisotopic (exact) mass is 155 g/mol. The Bertz CT molecular complexity index is 172. The van der Waals surface area contributed by atoms with Crippen LogP contribution in [-0.2, 0) is 0 Å². The van der Waals surface area contributed by atoms with Crippen molar-refractivity contribution >= 4 is 5.71 Å². The average Bonchev–Trinajstić information content (AvgIpc) is 1.86. The van der Waals surface area contributed by atoms with Gasteiger partial charge in [0.1, 0.15) is 0 Å². The van der Waals surface area contributed by atoms with Gasteiger partial charge < -0.3 is 5.21 Å². The van der Waals surface area contributed by atoms with Crippen molar-refractivity contribution in [2.75, 3.05) is 0 Å². The standard InChI is InChI=1S/C9H17NO/c1-7-5-4-6-9(2,3)8(7)10-11/h7,11H,4-6H2,1-3H3/b10-8-/t7-/m1/s1. The maximum atomic E-state index is 8.79. The van der Waals surface area contributed by atoms with E-state index in [0.29, 0.717) is 5.92 Å². The Kier molecular flexibility index (Phi) is 2.21. The van der Waals surface area contributed by atoms with E-state index in [4.69, 9.17) is 5.21 Å². The van der Waals surface area contributed by atoms with E-state index in [9.17, 15) is 0 Å². The molecule has 2 nitrogen and oxygen atoms in total. The first-order chi connectivity index (χ1) is 5.08. The van der Waals surface area contributed by atoms with Crippen LogP contribution < -0.4 is 0 Å². The van der Waals surface area contributed by atoms with Crippen LogP contribution in [0.1, 0.15) is 40.0 Å². The minimum atomic E-state index is 0.117. The normalized spacial score (nSPS) is 34.1. The second-order valence-corrected chi connectivity index (χ2v) is 4.16. The first-order valence-electron chi connectivity index (χ1n) is 4.30. The largest absolute Gasteiger partial charge is 0.411 e. The number of hydrogen-bond donors (Lipinski definition) is 1. The van der Waals surface area contributed by atoms with Gasteiger partial charge in [0.2, 0.25) is 0 Å². The van der Waals surface area contributed by atoms with Crippen molar-refractivity contribution < 1.29 is 5.21 Å². The Morgan fingerprint density at radius 2 is 2.18 bits per heavy atom. The van der Waals surface area contributed by atoms with Gasteiger partial charge in [-0.15, -0.1) is 0 Å². The summed E-state index contributed by atoms with van der Waals surface area (Å²) >= 11 is 0. The summed E-state index contributed by atoms with van der Waals surface area (Å²) in [7, 11) is 0. The minimum absolute atomic E-state index is 0.117. The topological polar surface area (TPSA) is 32.6 Å². The van der Waals surface area contributed by atoms with Crippen LogP contribution in [0.5, 0.6) is 0 Å². The van der Waals surface area contributed by atoms with Gasteiger partial charge in [-0.25, -0.2) is 0 Å². The lowest BCUT2D eigenvalue weighted by molar-refractivity contribution is 0.285. The fraction of sp³-hybridized carbons (Fsp3) is 0.889. The summed E-state index contributed by atoms with van der Waals surface area (Å²) in [5, 5.41) is 12.2. The molecule has 0 heterocycles. The summed E-state index contributed by atoms with van der Waals surface area (Å²) in [5.74, 6) is 0.462. The maximum absolute atomic E-state index is 8.79. The van der Waals surface area contributed by atoms with E-state index in [1.54, 1.807) is 0 Å². The van der Waals surface area contributed by atoms with Gasteiger partial charge in [0.25, 0.3) is 0 Å². The van der Waals surface area contributed by atoms with Gasteiger partial charge in [0.05, 0.1) is 5.71 Å². The van der Waals surface area contributed by atoms with Crippen molar-refractivity contribution in [3.8, 4) is 0 Å². The lowest BCUT2D eigenvalue weighted by Gasteiger charge is -2.34. The molecule has 0 saturated heterocycles. The van der Waals surface area contributed by atoms with E-state index >= 15 is 0 Å². The minimum Gasteiger partial charge on any atom is -0.411 e. The highest BCUT2D eigenvalue weighted by Crippen LogP contribution is 2.35. The second kappa shape index (κ2) is 2.84. The van der Waals surface area contributed by atoms with E-state index in [-0.39, 0.29) is 5.41 Å². The number of nitrogens with zero attached hydrogens (tertiary/aromatic N) is 1. The molecule has 0 spiro atoms. The molecule has 1 fully saturated rings. The summed E-state index contributed by atoms with van der Waals surface area (Å²) in [5.41, 5.74) is 1.09. The molecule has 1 rings (SSSR count). The SMILES string of the molecule is C[C@@H]1CCCC(C)(C)/C1=N\O. The molecule has 0 bridgehead atoms.